The number of aromatic nitrogens is 2. The molecule has 0 saturated carbocycles. The van der Waals surface area contributed by atoms with Crippen LogP contribution in [0.2, 0.25) is 0 Å². The zero-order valence-corrected chi connectivity index (χ0v) is 12.9. The van der Waals surface area contributed by atoms with E-state index in [1.54, 1.807) is 18.2 Å². The highest BCUT2D eigenvalue weighted by Crippen LogP contribution is 2.34. The SMILES string of the molecule is CC(C)(C)c1c(Br)c(C(=O)O)nn1-c1ccccc1F. The Kier molecular flexibility index (Phi) is 3.69. The summed E-state index contributed by atoms with van der Waals surface area (Å²) >= 11 is 3.27. The maximum atomic E-state index is 14.0. The molecular formula is C14H14BrFN2O2. The van der Waals surface area contributed by atoms with Gasteiger partial charge in [0.05, 0.1) is 10.2 Å². The minimum absolute atomic E-state index is 0.127. The van der Waals surface area contributed by atoms with Crippen molar-refractivity contribution in [2.24, 2.45) is 0 Å². The molecule has 1 aromatic heterocycles. The second kappa shape index (κ2) is 5.01. The number of nitrogens with zero attached hydrogens (tertiary/aromatic N) is 2. The van der Waals surface area contributed by atoms with Gasteiger partial charge in [0.2, 0.25) is 0 Å². The molecule has 1 aromatic carbocycles. The summed E-state index contributed by atoms with van der Waals surface area (Å²) in [6.07, 6.45) is 0. The van der Waals surface area contributed by atoms with Crippen molar-refractivity contribution >= 4 is 21.9 Å². The summed E-state index contributed by atoms with van der Waals surface area (Å²) in [7, 11) is 0. The van der Waals surface area contributed by atoms with Gasteiger partial charge < -0.3 is 5.11 Å². The van der Waals surface area contributed by atoms with Gasteiger partial charge in [0.15, 0.2) is 5.69 Å². The molecule has 0 radical (unpaired) electrons. The average molecular weight is 341 g/mol. The normalized spacial score (nSPS) is 11.7. The van der Waals surface area contributed by atoms with Gasteiger partial charge >= 0.3 is 5.97 Å². The standard InChI is InChI=1S/C14H14BrFN2O2/c1-14(2,3)12-10(15)11(13(19)20)17-18(12)9-7-5-4-6-8(9)16/h4-7H,1-3H3,(H,19,20). The van der Waals surface area contributed by atoms with E-state index in [2.05, 4.69) is 21.0 Å². The molecule has 0 atom stereocenters. The summed E-state index contributed by atoms with van der Waals surface area (Å²) in [6, 6.07) is 6.14. The molecule has 20 heavy (non-hydrogen) atoms. The van der Waals surface area contributed by atoms with E-state index in [-0.39, 0.29) is 11.4 Å². The van der Waals surface area contributed by atoms with Gasteiger partial charge in [-0.25, -0.2) is 13.9 Å². The van der Waals surface area contributed by atoms with Crippen molar-refractivity contribution in [3.63, 3.8) is 0 Å². The van der Waals surface area contributed by atoms with Gasteiger partial charge in [-0.2, -0.15) is 5.10 Å². The third-order valence-electron chi connectivity index (χ3n) is 2.82. The quantitative estimate of drug-likeness (QED) is 0.905. The Balaban J connectivity index is 2.80. The zero-order valence-electron chi connectivity index (χ0n) is 11.3. The van der Waals surface area contributed by atoms with Crippen molar-refractivity contribution in [2.75, 3.05) is 0 Å². The van der Waals surface area contributed by atoms with Gasteiger partial charge in [-0.15, -0.1) is 0 Å². The van der Waals surface area contributed by atoms with Crippen LogP contribution in [0.5, 0.6) is 0 Å². The molecule has 0 bridgehead atoms. The third kappa shape index (κ3) is 2.47. The zero-order chi connectivity index (χ0) is 15.1. The van der Waals surface area contributed by atoms with Crippen molar-refractivity contribution in [1.29, 1.82) is 0 Å². The Labute approximate surface area is 124 Å². The van der Waals surface area contributed by atoms with Crippen LogP contribution in [0, 0.1) is 5.82 Å². The third-order valence-corrected chi connectivity index (χ3v) is 3.57. The predicted octanol–water partition coefficient (Wildman–Crippen LogP) is 3.77. The molecule has 0 amide bonds. The van der Waals surface area contributed by atoms with Gasteiger partial charge in [-0.05, 0) is 28.1 Å². The van der Waals surface area contributed by atoms with E-state index < -0.39 is 17.2 Å². The summed E-state index contributed by atoms with van der Waals surface area (Å²) < 4.78 is 15.7. The monoisotopic (exact) mass is 340 g/mol. The Hall–Kier alpha value is -1.69. The molecule has 2 aromatic rings. The number of carboxylic acid groups (broad SMARTS) is 1. The number of hydrogen-bond acceptors (Lipinski definition) is 2. The van der Waals surface area contributed by atoms with Gasteiger partial charge in [0.25, 0.3) is 0 Å². The van der Waals surface area contributed by atoms with Crippen molar-refractivity contribution in [2.45, 2.75) is 26.2 Å². The Bertz CT molecular complexity index is 674. The number of rotatable bonds is 2. The predicted molar refractivity (Wildman–Crippen MR) is 76.9 cm³/mol. The molecule has 0 aliphatic heterocycles. The van der Waals surface area contributed by atoms with Gasteiger partial charge in [0, 0.05) is 5.41 Å². The molecule has 1 heterocycles. The second-order valence-electron chi connectivity index (χ2n) is 5.43. The van der Waals surface area contributed by atoms with E-state index in [4.69, 9.17) is 0 Å². The van der Waals surface area contributed by atoms with Crippen LogP contribution in [-0.4, -0.2) is 20.9 Å². The molecule has 0 fully saturated rings. The summed E-state index contributed by atoms with van der Waals surface area (Å²) in [5.74, 6) is -1.61. The molecular weight excluding hydrogens is 327 g/mol. The second-order valence-corrected chi connectivity index (χ2v) is 6.22. The molecule has 4 nitrogen and oxygen atoms in total. The molecule has 106 valence electrons. The lowest BCUT2D eigenvalue weighted by atomic mass is 9.91. The lowest BCUT2D eigenvalue weighted by Gasteiger charge is -2.21. The molecule has 6 heteroatoms. The fraction of sp³-hybridized carbons (Fsp3) is 0.286. The minimum Gasteiger partial charge on any atom is -0.476 e. The molecule has 0 unspecified atom stereocenters. The first kappa shape index (κ1) is 14.7. The van der Waals surface area contributed by atoms with Crippen LogP contribution in [0.4, 0.5) is 4.39 Å². The highest BCUT2D eigenvalue weighted by molar-refractivity contribution is 9.10. The summed E-state index contributed by atoms with van der Waals surface area (Å²) in [5.41, 5.74) is 0.311. The van der Waals surface area contributed by atoms with Crippen LogP contribution in [0.15, 0.2) is 28.7 Å². The Morgan fingerprint density at radius 3 is 2.45 bits per heavy atom. The first-order valence-electron chi connectivity index (χ1n) is 6.00. The van der Waals surface area contributed by atoms with Crippen molar-refractivity contribution in [3.8, 4) is 5.69 Å². The molecule has 0 saturated heterocycles. The van der Waals surface area contributed by atoms with E-state index in [1.807, 2.05) is 20.8 Å². The first-order chi connectivity index (χ1) is 9.23. The fourth-order valence-corrected chi connectivity index (χ4v) is 2.99. The largest absolute Gasteiger partial charge is 0.476 e. The van der Waals surface area contributed by atoms with Gasteiger partial charge in [0.1, 0.15) is 11.5 Å². The van der Waals surface area contributed by atoms with Crippen molar-refractivity contribution < 1.29 is 14.3 Å². The number of carboxylic acids is 1. The van der Waals surface area contributed by atoms with E-state index >= 15 is 0 Å². The van der Waals surface area contributed by atoms with Gasteiger partial charge in [-0.1, -0.05) is 32.9 Å². The lowest BCUT2D eigenvalue weighted by molar-refractivity contribution is 0.0689. The van der Waals surface area contributed by atoms with E-state index in [0.717, 1.165) is 0 Å². The van der Waals surface area contributed by atoms with Crippen LogP contribution in [0.1, 0.15) is 37.0 Å². The van der Waals surface area contributed by atoms with E-state index in [9.17, 15) is 14.3 Å². The van der Waals surface area contributed by atoms with Crippen LogP contribution >= 0.6 is 15.9 Å². The van der Waals surface area contributed by atoms with Crippen LogP contribution in [0.25, 0.3) is 5.69 Å². The Morgan fingerprint density at radius 2 is 1.95 bits per heavy atom. The number of hydrogen-bond donors (Lipinski definition) is 1. The van der Waals surface area contributed by atoms with E-state index in [1.165, 1.54) is 10.7 Å². The molecule has 0 aliphatic rings. The van der Waals surface area contributed by atoms with Crippen LogP contribution < -0.4 is 0 Å². The van der Waals surface area contributed by atoms with Crippen LogP contribution in [-0.2, 0) is 5.41 Å². The van der Waals surface area contributed by atoms with Crippen LogP contribution in [0.3, 0.4) is 0 Å². The molecule has 1 N–H and O–H groups in total. The topological polar surface area (TPSA) is 55.1 Å². The highest BCUT2D eigenvalue weighted by atomic mass is 79.9. The molecule has 0 spiro atoms. The number of carbonyl (C=O) groups is 1. The van der Waals surface area contributed by atoms with Gasteiger partial charge in [-0.3, -0.25) is 0 Å². The number of para-hydroxylation sites is 1. The number of halogens is 2. The maximum Gasteiger partial charge on any atom is 0.357 e. The molecule has 0 aliphatic carbocycles. The maximum absolute atomic E-state index is 14.0. The minimum atomic E-state index is -1.16. The molecule has 2 rings (SSSR count). The Morgan fingerprint density at radius 1 is 1.35 bits per heavy atom. The number of aromatic carboxylic acids is 1. The average Bonchev–Trinajstić information content (AvgIpc) is 2.67. The van der Waals surface area contributed by atoms with Crippen molar-refractivity contribution in [1.82, 2.24) is 9.78 Å². The number of benzene rings is 1. The highest BCUT2D eigenvalue weighted by Gasteiger charge is 2.30. The smallest absolute Gasteiger partial charge is 0.357 e. The van der Waals surface area contributed by atoms with Crippen molar-refractivity contribution in [3.05, 3.63) is 45.9 Å². The summed E-state index contributed by atoms with van der Waals surface area (Å²) in [4.78, 5) is 11.2. The summed E-state index contributed by atoms with van der Waals surface area (Å²) in [5, 5.41) is 13.2. The van der Waals surface area contributed by atoms with E-state index in [0.29, 0.717) is 10.2 Å². The summed E-state index contributed by atoms with van der Waals surface area (Å²) in [6.45, 7) is 5.74. The first-order valence-corrected chi connectivity index (χ1v) is 6.80. The fourth-order valence-electron chi connectivity index (χ4n) is 1.98. The lowest BCUT2D eigenvalue weighted by Crippen LogP contribution is -2.18.